The van der Waals surface area contributed by atoms with Gasteiger partial charge < -0.3 is 10.4 Å². The van der Waals surface area contributed by atoms with E-state index in [4.69, 9.17) is 34.8 Å². The quantitative estimate of drug-likeness (QED) is 0.509. The molecule has 0 spiro atoms. The lowest BCUT2D eigenvalue weighted by Crippen LogP contribution is -2.31. The van der Waals surface area contributed by atoms with Gasteiger partial charge in [0.2, 0.25) is 0 Å². The molecule has 1 atom stereocenters. The van der Waals surface area contributed by atoms with E-state index >= 15 is 0 Å². The van der Waals surface area contributed by atoms with E-state index in [1.54, 1.807) is 48.5 Å². The lowest BCUT2D eigenvalue weighted by molar-refractivity contribution is -0.137. The minimum atomic E-state index is -1.09. The van der Waals surface area contributed by atoms with Gasteiger partial charge in [-0.1, -0.05) is 71.2 Å². The van der Waals surface area contributed by atoms with Crippen LogP contribution in [0.1, 0.15) is 28.5 Å². The van der Waals surface area contributed by atoms with Gasteiger partial charge in [0.15, 0.2) is 0 Å². The van der Waals surface area contributed by atoms with Crippen LogP contribution in [0.15, 0.2) is 60.7 Å². The van der Waals surface area contributed by atoms with Crippen molar-refractivity contribution < 1.29 is 14.7 Å². The van der Waals surface area contributed by atoms with Crippen LogP contribution in [-0.4, -0.2) is 22.0 Å². The number of aromatic nitrogens is 1. The van der Waals surface area contributed by atoms with Crippen LogP contribution in [0.5, 0.6) is 0 Å². The molecule has 1 aromatic heterocycles. The second-order valence-corrected chi connectivity index (χ2v) is 7.35. The number of rotatable bonds is 6. The molecule has 0 radical (unpaired) electrons. The molecular weight excluding hydrogens is 435 g/mol. The SMILES string of the molecule is O=C(O)C[C@H](NC(=O)c1cccc(-c2ccccc2Cl)n1)c1cccc(Cl)c1Cl. The Bertz CT molecular complexity index is 1070. The van der Waals surface area contributed by atoms with E-state index in [0.717, 1.165) is 0 Å². The Labute approximate surface area is 182 Å². The highest BCUT2D eigenvalue weighted by molar-refractivity contribution is 6.42. The van der Waals surface area contributed by atoms with Gasteiger partial charge in [0.25, 0.3) is 5.91 Å². The predicted molar refractivity (Wildman–Crippen MR) is 114 cm³/mol. The summed E-state index contributed by atoms with van der Waals surface area (Å²) < 4.78 is 0. The Balaban J connectivity index is 1.91. The molecule has 29 heavy (non-hydrogen) atoms. The molecular formula is C21H15Cl3N2O3. The van der Waals surface area contributed by atoms with Crippen molar-refractivity contribution >= 4 is 46.7 Å². The number of carbonyl (C=O) groups is 2. The Kier molecular flexibility index (Phi) is 6.75. The molecule has 0 aliphatic heterocycles. The van der Waals surface area contributed by atoms with E-state index in [2.05, 4.69) is 10.3 Å². The van der Waals surface area contributed by atoms with Crippen LogP contribution >= 0.6 is 34.8 Å². The van der Waals surface area contributed by atoms with Gasteiger partial charge in [-0.2, -0.15) is 0 Å². The number of carbonyl (C=O) groups excluding carboxylic acids is 1. The average Bonchev–Trinajstić information content (AvgIpc) is 2.69. The van der Waals surface area contributed by atoms with Gasteiger partial charge in [0.1, 0.15) is 5.69 Å². The highest BCUT2D eigenvalue weighted by Gasteiger charge is 2.23. The molecule has 2 N–H and O–H groups in total. The van der Waals surface area contributed by atoms with Gasteiger partial charge in [-0.25, -0.2) is 4.98 Å². The van der Waals surface area contributed by atoms with Gasteiger partial charge in [-0.15, -0.1) is 0 Å². The number of carboxylic acid groups (broad SMARTS) is 1. The minimum Gasteiger partial charge on any atom is -0.481 e. The zero-order chi connectivity index (χ0) is 21.0. The average molecular weight is 450 g/mol. The molecule has 1 amide bonds. The summed E-state index contributed by atoms with van der Waals surface area (Å²) in [5.41, 5.74) is 1.75. The molecule has 0 aliphatic rings. The normalized spacial score (nSPS) is 11.7. The standard InChI is InChI=1S/C21H15Cl3N2O3/c22-14-7-2-1-5-12(14)16-9-4-10-17(25-16)21(29)26-18(11-19(27)28)13-6-3-8-15(23)20(13)24/h1-10,18H,11H2,(H,26,29)(H,27,28)/t18-/m0/s1. The van der Waals surface area contributed by atoms with Crippen molar-refractivity contribution in [2.24, 2.45) is 0 Å². The molecule has 5 nitrogen and oxygen atoms in total. The Morgan fingerprint density at radius 1 is 0.931 bits per heavy atom. The molecule has 0 bridgehead atoms. The van der Waals surface area contributed by atoms with E-state index in [0.29, 0.717) is 21.8 Å². The number of aliphatic carboxylic acids is 1. The van der Waals surface area contributed by atoms with Gasteiger partial charge >= 0.3 is 5.97 Å². The zero-order valence-electron chi connectivity index (χ0n) is 14.9. The summed E-state index contributed by atoms with van der Waals surface area (Å²) in [6.07, 6.45) is -0.365. The number of hydrogen-bond donors (Lipinski definition) is 2. The third-order valence-electron chi connectivity index (χ3n) is 4.17. The highest BCUT2D eigenvalue weighted by Crippen LogP contribution is 2.32. The van der Waals surface area contributed by atoms with E-state index in [1.165, 1.54) is 6.07 Å². The second kappa shape index (κ2) is 9.27. The molecule has 148 valence electrons. The number of amides is 1. The lowest BCUT2D eigenvalue weighted by Gasteiger charge is -2.19. The molecule has 2 aromatic carbocycles. The van der Waals surface area contributed by atoms with E-state index in [-0.39, 0.29) is 22.2 Å². The molecule has 1 heterocycles. The summed E-state index contributed by atoms with van der Waals surface area (Å²) in [5, 5.41) is 12.9. The van der Waals surface area contributed by atoms with Gasteiger partial charge in [0, 0.05) is 10.6 Å². The van der Waals surface area contributed by atoms with Gasteiger partial charge in [-0.3, -0.25) is 9.59 Å². The summed E-state index contributed by atoms with van der Waals surface area (Å²) in [6, 6.07) is 16.1. The first kappa shape index (κ1) is 21.1. The van der Waals surface area contributed by atoms with Crippen LogP contribution < -0.4 is 5.32 Å². The molecule has 0 saturated heterocycles. The maximum atomic E-state index is 12.8. The Morgan fingerprint density at radius 3 is 2.34 bits per heavy atom. The molecule has 3 aromatic rings. The molecule has 3 rings (SSSR count). The second-order valence-electron chi connectivity index (χ2n) is 6.15. The summed E-state index contributed by atoms with van der Waals surface area (Å²) in [5.74, 6) is -1.63. The van der Waals surface area contributed by atoms with Crippen molar-refractivity contribution in [3.8, 4) is 11.3 Å². The summed E-state index contributed by atoms with van der Waals surface area (Å²) in [6.45, 7) is 0. The molecule has 8 heteroatoms. The van der Waals surface area contributed by atoms with Crippen LogP contribution in [0.4, 0.5) is 0 Å². The van der Waals surface area contributed by atoms with Crippen LogP contribution in [0.25, 0.3) is 11.3 Å². The van der Waals surface area contributed by atoms with Crippen molar-refractivity contribution in [1.29, 1.82) is 0 Å². The van der Waals surface area contributed by atoms with Crippen molar-refractivity contribution in [2.75, 3.05) is 0 Å². The van der Waals surface area contributed by atoms with Crippen molar-refractivity contribution in [1.82, 2.24) is 10.3 Å². The van der Waals surface area contributed by atoms with Crippen LogP contribution in [-0.2, 0) is 4.79 Å². The van der Waals surface area contributed by atoms with Crippen LogP contribution in [0, 0.1) is 0 Å². The van der Waals surface area contributed by atoms with E-state index in [1.807, 2.05) is 6.07 Å². The molecule has 0 unspecified atom stereocenters. The number of hydrogen-bond acceptors (Lipinski definition) is 3. The third kappa shape index (κ3) is 5.07. The number of halogens is 3. The number of nitrogens with one attached hydrogen (secondary N) is 1. The maximum Gasteiger partial charge on any atom is 0.305 e. The van der Waals surface area contributed by atoms with Crippen molar-refractivity contribution in [2.45, 2.75) is 12.5 Å². The minimum absolute atomic E-state index is 0.121. The van der Waals surface area contributed by atoms with Crippen molar-refractivity contribution in [3.05, 3.63) is 87.0 Å². The Morgan fingerprint density at radius 2 is 1.62 bits per heavy atom. The predicted octanol–water partition coefficient (Wildman–Crippen LogP) is 5.65. The largest absolute Gasteiger partial charge is 0.481 e. The fourth-order valence-electron chi connectivity index (χ4n) is 2.82. The number of carboxylic acids is 1. The number of nitrogens with zero attached hydrogens (tertiary/aromatic N) is 1. The topological polar surface area (TPSA) is 79.3 Å². The van der Waals surface area contributed by atoms with Gasteiger partial charge in [0.05, 0.1) is 28.2 Å². The Hall–Kier alpha value is -2.60. The fourth-order valence-corrected chi connectivity index (χ4v) is 3.49. The van der Waals surface area contributed by atoms with Crippen LogP contribution in [0.2, 0.25) is 15.1 Å². The van der Waals surface area contributed by atoms with Gasteiger partial charge in [-0.05, 0) is 29.8 Å². The van der Waals surface area contributed by atoms with Crippen LogP contribution in [0.3, 0.4) is 0 Å². The monoisotopic (exact) mass is 448 g/mol. The highest BCUT2D eigenvalue weighted by atomic mass is 35.5. The number of benzene rings is 2. The lowest BCUT2D eigenvalue weighted by atomic mass is 10.0. The zero-order valence-corrected chi connectivity index (χ0v) is 17.2. The first-order valence-electron chi connectivity index (χ1n) is 8.55. The fraction of sp³-hybridized carbons (Fsp3) is 0.0952. The van der Waals surface area contributed by atoms with E-state index in [9.17, 15) is 14.7 Å². The summed E-state index contributed by atoms with van der Waals surface area (Å²) in [4.78, 5) is 28.5. The molecule has 0 aliphatic carbocycles. The molecule has 0 fully saturated rings. The first-order valence-corrected chi connectivity index (χ1v) is 9.68. The molecule has 0 saturated carbocycles. The van der Waals surface area contributed by atoms with E-state index < -0.39 is 17.9 Å². The summed E-state index contributed by atoms with van der Waals surface area (Å²) in [7, 11) is 0. The first-order chi connectivity index (χ1) is 13.9. The number of pyridine rings is 1. The summed E-state index contributed by atoms with van der Waals surface area (Å²) >= 11 is 18.5. The maximum absolute atomic E-state index is 12.8. The third-order valence-corrected chi connectivity index (χ3v) is 5.34. The smallest absolute Gasteiger partial charge is 0.305 e. The van der Waals surface area contributed by atoms with Crippen molar-refractivity contribution in [3.63, 3.8) is 0 Å².